The van der Waals surface area contributed by atoms with E-state index in [4.69, 9.17) is 4.74 Å². The van der Waals surface area contributed by atoms with E-state index >= 15 is 0 Å². The summed E-state index contributed by atoms with van der Waals surface area (Å²) in [6.07, 6.45) is 2.86. The van der Waals surface area contributed by atoms with Gasteiger partial charge in [0.1, 0.15) is 0 Å². The number of nitrogens with zero attached hydrogens (tertiary/aromatic N) is 1. The number of nitrogens with one attached hydrogen (secondary N) is 1. The summed E-state index contributed by atoms with van der Waals surface area (Å²) >= 11 is 1.70. The van der Waals surface area contributed by atoms with Gasteiger partial charge in [0.25, 0.3) is 0 Å². The molecule has 6 heteroatoms. The minimum absolute atomic E-state index is 0.145. The molecule has 2 N–H and O–H groups in total. The van der Waals surface area contributed by atoms with E-state index in [1.165, 1.54) is 4.88 Å². The number of amides is 1. The van der Waals surface area contributed by atoms with E-state index in [1.54, 1.807) is 18.4 Å². The van der Waals surface area contributed by atoms with Gasteiger partial charge in [0, 0.05) is 44.1 Å². The smallest absolute Gasteiger partial charge is 0.220 e. The molecule has 2 rings (SSSR count). The van der Waals surface area contributed by atoms with Gasteiger partial charge in [0.05, 0.1) is 12.7 Å². The zero-order valence-electron chi connectivity index (χ0n) is 13.2. The molecule has 1 saturated heterocycles. The van der Waals surface area contributed by atoms with Crippen molar-refractivity contribution in [1.29, 1.82) is 0 Å². The number of aryl methyl sites for hydroxylation is 1. The summed E-state index contributed by atoms with van der Waals surface area (Å²) in [6, 6.07) is 4.36. The first-order valence-corrected chi connectivity index (χ1v) is 8.76. The number of ether oxygens (including phenoxy) is 1. The maximum atomic E-state index is 12.0. The maximum Gasteiger partial charge on any atom is 0.220 e. The second kappa shape index (κ2) is 9.25. The molecule has 1 aliphatic rings. The lowest BCUT2D eigenvalue weighted by Gasteiger charge is -2.33. The number of thiophene rings is 1. The summed E-state index contributed by atoms with van der Waals surface area (Å²) in [6.45, 7) is 2.85. The molecule has 0 spiro atoms. The molecule has 1 aromatic rings. The number of rotatable bonds is 8. The minimum atomic E-state index is -0.429. The monoisotopic (exact) mass is 326 g/mol. The van der Waals surface area contributed by atoms with Crippen LogP contribution in [-0.4, -0.2) is 61.4 Å². The maximum absolute atomic E-state index is 12.0. The standard InChI is InChI=1S/C16H26N2O3S/c1-21-12-14(19)11-18-8-6-13(7-9-18)17-16(20)5-4-15-3-2-10-22-15/h2-3,10,13-14,19H,4-9,11-12H2,1H3,(H,17,20). The van der Waals surface area contributed by atoms with E-state index < -0.39 is 6.10 Å². The van der Waals surface area contributed by atoms with Gasteiger partial charge in [-0.25, -0.2) is 0 Å². The van der Waals surface area contributed by atoms with Crippen molar-refractivity contribution in [2.45, 2.75) is 37.8 Å². The lowest BCUT2D eigenvalue weighted by molar-refractivity contribution is -0.122. The van der Waals surface area contributed by atoms with Gasteiger partial charge in [-0.3, -0.25) is 4.79 Å². The van der Waals surface area contributed by atoms with Crippen LogP contribution in [0.2, 0.25) is 0 Å². The van der Waals surface area contributed by atoms with Crippen LogP contribution >= 0.6 is 11.3 Å². The highest BCUT2D eigenvalue weighted by molar-refractivity contribution is 7.09. The Bertz CT molecular complexity index is 431. The number of piperidine rings is 1. The van der Waals surface area contributed by atoms with Crippen molar-refractivity contribution in [3.63, 3.8) is 0 Å². The third kappa shape index (κ3) is 6.04. The van der Waals surface area contributed by atoms with E-state index in [9.17, 15) is 9.90 Å². The van der Waals surface area contributed by atoms with Gasteiger partial charge in [-0.2, -0.15) is 0 Å². The van der Waals surface area contributed by atoms with Crippen LogP contribution in [0.4, 0.5) is 0 Å². The summed E-state index contributed by atoms with van der Waals surface area (Å²) in [7, 11) is 1.60. The molecular weight excluding hydrogens is 300 g/mol. The molecule has 1 aliphatic heterocycles. The largest absolute Gasteiger partial charge is 0.389 e. The van der Waals surface area contributed by atoms with Gasteiger partial charge < -0.3 is 20.1 Å². The van der Waals surface area contributed by atoms with Gasteiger partial charge in [-0.15, -0.1) is 11.3 Å². The van der Waals surface area contributed by atoms with Crippen LogP contribution in [0.15, 0.2) is 17.5 Å². The summed E-state index contributed by atoms with van der Waals surface area (Å²) in [5.41, 5.74) is 0. The molecule has 22 heavy (non-hydrogen) atoms. The second-order valence-electron chi connectivity index (χ2n) is 5.83. The van der Waals surface area contributed by atoms with Gasteiger partial charge >= 0.3 is 0 Å². The Morgan fingerprint density at radius 2 is 2.32 bits per heavy atom. The van der Waals surface area contributed by atoms with E-state index in [0.717, 1.165) is 32.4 Å². The summed E-state index contributed by atoms with van der Waals surface area (Å²) in [5.74, 6) is 0.145. The Labute approximate surface area is 136 Å². The fourth-order valence-electron chi connectivity index (χ4n) is 2.79. The molecular formula is C16H26N2O3S. The molecule has 2 heterocycles. The topological polar surface area (TPSA) is 61.8 Å². The molecule has 0 bridgehead atoms. The summed E-state index contributed by atoms with van der Waals surface area (Å²) < 4.78 is 4.94. The number of methoxy groups -OCH3 is 1. The number of carbonyl (C=O) groups excluding carboxylic acids is 1. The van der Waals surface area contributed by atoms with Gasteiger partial charge in [-0.1, -0.05) is 6.07 Å². The SMILES string of the molecule is COCC(O)CN1CCC(NC(=O)CCc2cccs2)CC1. The Morgan fingerprint density at radius 1 is 1.55 bits per heavy atom. The second-order valence-corrected chi connectivity index (χ2v) is 6.86. The van der Waals surface area contributed by atoms with E-state index in [-0.39, 0.29) is 11.9 Å². The Hall–Kier alpha value is -0.950. The molecule has 1 fully saturated rings. The number of aliphatic hydroxyl groups excluding tert-OH is 1. The van der Waals surface area contributed by atoms with Crippen LogP contribution in [0, 0.1) is 0 Å². The molecule has 0 aromatic carbocycles. The van der Waals surface area contributed by atoms with Gasteiger partial charge in [0.2, 0.25) is 5.91 Å². The third-order valence-electron chi connectivity index (χ3n) is 3.96. The normalized spacial score (nSPS) is 18.3. The number of likely N-dealkylation sites (tertiary alicyclic amines) is 1. The lowest BCUT2D eigenvalue weighted by Crippen LogP contribution is -2.47. The molecule has 1 unspecified atom stereocenters. The first kappa shape index (κ1) is 17.4. The molecule has 5 nitrogen and oxygen atoms in total. The van der Waals surface area contributed by atoms with Gasteiger partial charge in [-0.05, 0) is 30.7 Å². The average molecular weight is 326 g/mol. The lowest BCUT2D eigenvalue weighted by atomic mass is 10.0. The Morgan fingerprint density at radius 3 is 2.95 bits per heavy atom. The first-order chi connectivity index (χ1) is 10.7. The number of hydrogen-bond donors (Lipinski definition) is 2. The van der Waals surface area contributed by atoms with Crippen molar-refractivity contribution in [3.05, 3.63) is 22.4 Å². The zero-order chi connectivity index (χ0) is 15.8. The molecule has 1 aromatic heterocycles. The molecule has 1 atom stereocenters. The summed E-state index contributed by atoms with van der Waals surface area (Å²) in [4.78, 5) is 15.5. The predicted molar refractivity (Wildman–Crippen MR) is 88.1 cm³/mol. The third-order valence-corrected chi connectivity index (χ3v) is 4.90. The van der Waals surface area contributed by atoms with E-state index in [2.05, 4.69) is 16.3 Å². The highest BCUT2D eigenvalue weighted by Gasteiger charge is 2.22. The van der Waals surface area contributed by atoms with Crippen molar-refractivity contribution in [2.24, 2.45) is 0 Å². The van der Waals surface area contributed by atoms with Crippen LogP contribution in [-0.2, 0) is 16.0 Å². The number of carbonyl (C=O) groups is 1. The van der Waals surface area contributed by atoms with Crippen molar-refractivity contribution in [2.75, 3.05) is 33.4 Å². The predicted octanol–water partition coefficient (Wildman–Crippen LogP) is 1.27. The fraction of sp³-hybridized carbons (Fsp3) is 0.688. The van der Waals surface area contributed by atoms with E-state index in [1.807, 2.05) is 11.4 Å². The van der Waals surface area contributed by atoms with Crippen molar-refractivity contribution >= 4 is 17.2 Å². The molecule has 0 radical (unpaired) electrons. The molecule has 124 valence electrons. The van der Waals surface area contributed by atoms with E-state index in [0.29, 0.717) is 19.6 Å². The van der Waals surface area contributed by atoms with Crippen molar-refractivity contribution in [1.82, 2.24) is 10.2 Å². The fourth-order valence-corrected chi connectivity index (χ4v) is 3.50. The molecule has 0 aliphatic carbocycles. The van der Waals surface area contributed by atoms with Crippen LogP contribution in [0.1, 0.15) is 24.1 Å². The van der Waals surface area contributed by atoms with Crippen LogP contribution in [0.3, 0.4) is 0 Å². The summed E-state index contributed by atoms with van der Waals surface area (Å²) in [5, 5.41) is 14.9. The van der Waals surface area contributed by atoms with Crippen LogP contribution in [0.5, 0.6) is 0 Å². The van der Waals surface area contributed by atoms with Crippen LogP contribution in [0.25, 0.3) is 0 Å². The van der Waals surface area contributed by atoms with Crippen LogP contribution < -0.4 is 5.32 Å². The van der Waals surface area contributed by atoms with Crippen molar-refractivity contribution in [3.8, 4) is 0 Å². The molecule has 1 amide bonds. The highest BCUT2D eigenvalue weighted by atomic mass is 32.1. The average Bonchev–Trinajstić information content (AvgIpc) is 3.01. The zero-order valence-corrected chi connectivity index (χ0v) is 14.0. The number of β-amino-alcohol motifs (C(OH)–C–C–N with tert-alkyl or cyclic N) is 1. The molecule has 0 saturated carbocycles. The minimum Gasteiger partial charge on any atom is -0.389 e. The van der Waals surface area contributed by atoms with Crippen molar-refractivity contribution < 1.29 is 14.6 Å². The van der Waals surface area contributed by atoms with Gasteiger partial charge in [0.15, 0.2) is 0 Å². The Balaban J connectivity index is 1.61. The number of hydrogen-bond acceptors (Lipinski definition) is 5. The Kier molecular flexibility index (Phi) is 7.32. The highest BCUT2D eigenvalue weighted by Crippen LogP contribution is 2.13. The quantitative estimate of drug-likeness (QED) is 0.755. The number of aliphatic hydroxyl groups is 1. The first-order valence-electron chi connectivity index (χ1n) is 7.88.